The number of hydrogen-bond acceptors (Lipinski definition) is 4. The number of nitrogens with zero attached hydrogens (tertiary/aromatic N) is 1. The van der Waals surface area contributed by atoms with Gasteiger partial charge in [0, 0.05) is 23.6 Å². The van der Waals surface area contributed by atoms with Crippen LogP contribution in [0.15, 0.2) is 42.5 Å². The largest absolute Gasteiger partial charge is 0.444 e. The zero-order chi connectivity index (χ0) is 13.2. The third kappa shape index (κ3) is 2.18. The average molecular weight is 274 g/mol. The normalized spacial score (nSPS) is 10.8. The van der Waals surface area contributed by atoms with Gasteiger partial charge in [0.2, 0.25) is 5.06 Å². The topological polar surface area (TPSA) is 48.1 Å². The third-order valence-electron chi connectivity index (χ3n) is 2.83. The van der Waals surface area contributed by atoms with E-state index in [2.05, 4.69) is 4.37 Å². The van der Waals surface area contributed by atoms with E-state index >= 15 is 0 Å². The van der Waals surface area contributed by atoms with Crippen LogP contribution in [0.5, 0.6) is 10.8 Å². The molecule has 5 heteroatoms. The highest BCUT2D eigenvalue weighted by atomic mass is 32.1. The fourth-order valence-electron chi connectivity index (χ4n) is 1.87. The van der Waals surface area contributed by atoms with Crippen LogP contribution in [-0.4, -0.2) is 4.37 Å². The monoisotopic (exact) mass is 274 g/mol. The quantitative estimate of drug-likeness (QED) is 0.792. The van der Waals surface area contributed by atoms with Crippen molar-refractivity contribution < 1.29 is 9.13 Å². The Morgan fingerprint density at radius 2 is 2.00 bits per heavy atom. The summed E-state index contributed by atoms with van der Waals surface area (Å²) in [7, 11) is 0. The minimum atomic E-state index is -0.353. The molecule has 19 heavy (non-hydrogen) atoms. The number of rotatable bonds is 3. The predicted octanol–water partition coefficient (Wildman–Crippen LogP) is 3.69. The van der Waals surface area contributed by atoms with Crippen molar-refractivity contribution in [3.63, 3.8) is 0 Å². The molecular weight excluding hydrogens is 263 g/mol. The standard InChI is InChI=1S/C14H11FN2OS/c15-11-5-3-7-13(10(11)8-16)18-14-9-4-1-2-6-12(9)17-19-14/h1-7H,8,16H2. The molecule has 0 aliphatic rings. The number of benzene rings is 2. The van der Waals surface area contributed by atoms with Gasteiger partial charge >= 0.3 is 0 Å². The Labute approximate surface area is 113 Å². The number of ether oxygens (including phenoxy) is 1. The van der Waals surface area contributed by atoms with Crippen molar-refractivity contribution in [1.82, 2.24) is 4.37 Å². The minimum Gasteiger partial charge on any atom is -0.444 e. The SMILES string of the molecule is NCc1c(F)cccc1Oc1snc2ccccc12. The van der Waals surface area contributed by atoms with Gasteiger partial charge < -0.3 is 10.5 Å². The maximum Gasteiger partial charge on any atom is 0.207 e. The Balaban J connectivity index is 2.04. The molecule has 0 aliphatic heterocycles. The van der Waals surface area contributed by atoms with Crippen LogP contribution in [0.1, 0.15) is 5.56 Å². The van der Waals surface area contributed by atoms with Crippen LogP contribution in [-0.2, 0) is 6.54 Å². The summed E-state index contributed by atoms with van der Waals surface area (Å²) >= 11 is 1.25. The number of nitrogens with two attached hydrogens (primary N) is 1. The predicted molar refractivity (Wildman–Crippen MR) is 74.0 cm³/mol. The second-order valence-corrected chi connectivity index (χ2v) is 4.75. The second-order valence-electron chi connectivity index (χ2n) is 4.01. The first-order valence-corrected chi connectivity index (χ1v) is 6.56. The molecule has 0 unspecified atom stereocenters. The number of halogens is 1. The second kappa shape index (κ2) is 4.95. The molecule has 0 bridgehead atoms. The van der Waals surface area contributed by atoms with Crippen LogP contribution < -0.4 is 10.5 Å². The molecule has 0 saturated heterocycles. The van der Waals surface area contributed by atoms with Gasteiger partial charge in [-0.25, -0.2) is 4.39 Å². The highest BCUT2D eigenvalue weighted by Crippen LogP contribution is 2.35. The molecule has 2 aromatic carbocycles. The zero-order valence-electron chi connectivity index (χ0n) is 9.97. The third-order valence-corrected chi connectivity index (χ3v) is 3.59. The van der Waals surface area contributed by atoms with E-state index in [4.69, 9.17) is 10.5 Å². The molecule has 3 nitrogen and oxygen atoms in total. The zero-order valence-corrected chi connectivity index (χ0v) is 10.8. The van der Waals surface area contributed by atoms with Crippen molar-refractivity contribution in [2.45, 2.75) is 6.54 Å². The van der Waals surface area contributed by atoms with Gasteiger partial charge in [0.1, 0.15) is 11.6 Å². The van der Waals surface area contributed by atoms with Crippen LogP contribution in [0.2, 0.25) is 0 Å². The Morgan fingerprint density at radius 3 is 2.84 bits per heavy atom. The van der Waals surface area contributed by atoms with E-state index in [0.717, 1.165) is 10.9 Å². The fourth-order valence-corrected chi connectivity index (χ4v) is 2.61. The number of aromatic nitrogens is 1. The summed E-state index contributed by atoms with van der Waals surface area (Å²) in [4.78, 5) is 0. The summed E-state index contributed by atoms with van der Waals surface area (Å²) in [5, 5.41) is 1.57. The van der Waals surface area contributed by atoms with Gasteiger partial charge in [0.25, 0.3) is 0 Å². The molecule has 0 spiro atoms. The average Bonchev–Trinajstić information content (AvgIpc) is 2.83. The van der Waals surface area contributed by atoms with Crippen molar-refractivity contribution >= 4 is 22.4 Å². The highest BCUT2D eigenvalue weighted by Gasteiger charge is 2.12. The van der Waals surface area contributed by atoms with Crippen molar-refractivity contribution in [2.24, 2.45) is 5.73 Å². The van der Waals surface area contributed by atoms with Crippen LogP contribution in [0, 0.1) is 5.82 Å². The molecule has 3 aromatic rings. The molecule has 3 rings (SSSR count). The molecule has 0 saturated carbocycles. The lowest BCUT2D eigenvalue weighted by atomic mass is 10.2. The van der Waals surface area contributed by atoms with Crippen LogP contribution in [0.25, 0.3) is 10.9 Å². The molecule has 0 fully saturated rings. The first-order valence-electron chi connectivity index (χ1n) is 5.79. The molecule has 0 aliphatic carbocycles. The number of fused-ring (bicyclic) bond motifs is 1. The van der Waals surface area contributed by atoms with E-state index in [1.807, 2.05) is 24.3 Å². The van der Waals surface area contributed by atoms with Gasteiger partial charge in [-0.1, -0.05) is 18.2 Å². The molecule has 0 atom stereocenters. The minimum absolute atomic E-state index is 0.0960. The Morgan fingerprint density at radius 1 is 1.16 bits per heavy atom. The Kier molecular flexibility index (Phi) is 3.15. The summed E-state index contributed by atoms with van der Waals surface area (Å²) in [6, 6.07) is 12.4. The highest BCUT2D eigenvalue weighted by molar-refractivity contribution is 7.09. The summed E-state index contributed by atoms with van der Waals surface area (Å²) in [6.07, 6.45) is 0. The molecule has 96 valence electrons. The first kappa shape index (κ1) is 12.1. The molecule has 0 amide bonds. The summed E-state index contributed by atoms with van der Waals surface area (Å²) in [5.74, 6) is 0.0886. The van der Waals surface area contributed by atoms with Crippen LogP contribution in [0.3, 0.4) is 0 Å². The van der Waals surface area contributed by atoms with Crippen molar-refractivity contribution in [3.8, 4) is 10.8 Å². The first-order chi connectivity index (χ1) is 9.29. The summed E-state index contributed by atoms with van der Waals surface area (Å²) in [5.41, 5.74) is 6.80. The van der Waals surface area contributed by atoms with E-state index in [1.165, 1.54) is 17.6 Å². The summed E-state index contributed by atoms with van der Waals surface area (Å²) in [6.45, 7) is 0.0960. The number of hydrogen-bond donors (Lipinski definition) is 1. The lowest BCUT2D eigenvalue weighted by Gasteiger charge is -2.08. The van der Waals surface area contributed by atoms with Crippen molar-refractivity contribution in [3.05, 3.63) is 53.8 Å². The Bertz CT molecular complexity index is 726. The van der Waals surface area contributed by atoms with E-state index < -0.39 is 0 Å². The molecule has 1 aromatic heterocycles. The van der Waals surface area contributed by atoms with E-state index in [9.17, 15) is 4.39 Å². The van der Waals surface area contributed by atoms with E-state index in [-0.39, 0.29) is 12.4 Å². The molecule has 0 radical (unpaired) electrons. The molecule has 1 heterocycles. The smallest absolute Gasteiger partial charge is 0.207 e. The lowest BCUT2D eigenvalue weighted by molar-refractivity contribution is 0.483. The van der Waals surface area contributed by atoms with Crippen LogP contribution >= 0.6 is 11.5 Å². The van der Waals surface area contributed by atoms with Gasteiger partial charge in [0.05, 0.1) is 10.9 Å². The van der Waals surface area contributed by atoms with Crippen molar-refractivity contribution in [2.75, 3.05) is 0 Å². The van der Waals surface area contributed by atoms with Crippen LogP contribution in [0.4, 0.5) is 4.39 Å². The van der Waals surface area contributed by atoms with Gasteiger partial charge in [-0.3, -0.25) is 0 Å². The van der Waals surface area contributed by atoms with Gasteiger partial charge in [0.15, 0.2) is 0 Å². The maximum atomic E-state index is 13.6. The van der Waals surface area contributed by atoms with E-state index in [1.54, 1.807) is 12.1 Å². The van der Waals surface area contributed by atoms with Gasteiger partial charge in [-0.05, 0) is 24.3 Å². The van der Waals surface area contributed by atoms with E-state index in [0.29, 0.717) is 16.4 Å². The van der Waals surface area contributed by atoms with Crippen molar-refractivity contribution in [1.29, 1.82) is 0 Å². The maximum absolute atomic E-state index is 13.6. The Hall–Kier alpha value is -1.98. The fraction of sp³-hybridized carbons (Fsp3) is 0.0714. The summed E-state index contributed by atoms with van der Waals surface area (Å²) < 4.78 is 23.7. The molecule has 2 N–H and O–H groups in total. The van der Waals surface area contributed by atoms with Gasteiger partial charge in [-0.15, -0.1) is 0 Å². The lowest BCUT2D eigenvalue weighted by Crippen LogP contribution is -2.02. The van der Waals surface area contributed by atoms with Gasteiger partial charge in [-0.2, -0.15) is 4.37 Å². The molecular formula is C14H11FN2OS.